The van der Waals surface area contributed by atoms with Gasteiger partial charge in [-0.05, 0) is 35.4 Å². The molecule has 1 amide bonds. The summed E-state index contributed by atoms with van der Waals surface area (Å²) in [4.78, 5) is 12.5. The largest absolute Gasteiger partial charge is 0.497 e. The van der Waals surface area contributed by atoms with Crippen molar-refractivity contribution in [2.75, 3.05) is 7.11 Å². The Morgan fingerprint density at radius 1 is 1.26 bits per heavy atom. The second kappa shape index (κ2) is 6.91. The smallest absolute Gasteiger partial charge is 0.274 e. The van der Waals surface area contributed by atoms with E-state index in [1.165, 1.54) is 19.2 Å². The number of fused-ring (bicyclic) bond motifs is 1. The molecule has 0 radical (unpaired) electrons. The second-order valence-corrected chi connectivity index (χ2v) is 5.91. The van der Waals surface area contributed by atoms with Crippen LogP contribution < -0.4 is 10.1 Å². The van der Waals surface area contributed by atoms with E-state index in [9.17, 15) is 9.18 Å². The van der Waals surface area contributed by atoms with Crippen LogP contribution in [0.2, 0.25) is 0 Å². The zero-order valence-electron chi connectivity index (χ0n) is 14.3. The third-order valence-corrected chi connectivity index (χ3v) is 4.14. The third kappa shape index (κ3) is 3.37. The molecule has 2 N–H and O–H groups in total. The van der Waals surface area contributed by atoms with Crippen molar-refractivity contribution >= 4 is 16.9 Å². The fourth-order valence-electron chi connectivity index (χ4n) is 2.80. The second-order valence-electron chi connectivity index (χ2n) is 5.91. The lowest BCUT2D eigenvalue weighted by Crippen LogP contribution is -2.23. The molecule has 0 saturated carbocycles. The number of nitrogens with one attached hydrogen (secondary N) is 2. The molecular weight excluding hydrogens is 351 g/mol. The summed E-state index contributed by atoms with van der Waals surface area (Å²) < 4.78 is 23.9. The minimum Gasteiger partial charge on any atom is -0.497 e. The van der Waals surface area contributed by atoms with Crippen LogP contribution in [-0.4, -0.2) is 28.4 Å². The SMILES string of the molecule is COc1cc(F)cc(CNC(=O)c2noc3cc(-c4cn[nH]c4)ccc23)c1. The van der Waals surface area contributed by atoms with Gasteiger partial charge in [-0.25, -0.2) is 4.39 Å². The number of nitrogens with zero attached hydrogens (tertiary/aromatic N) is 2. The number of benzene rings is 2. The maximum atomic E-state index is 13.5. The summed E-state index contributed by atoms with van der Waals surface area (Å²) in [6.07, 6.45) is 3.46. The van der Waals surface area contributed by atoms with Crippen molar-refractivity contribution in [1.82, 2.24) is 20.7 Å². The van der Waals surface area contributed by atoms with Crippen LogP contribution in [0.3, 0.4) is 0 Å². The molecule has 0 aliphatic carbocycles. The van der Waals surface area contributed by atoms with Crippen molar-refractivity contribution in [2.24, 2.45) is 0 Å². The number of H-pyrrole nitrogens is 1. The summed E-state index contributed by atoms with van der Waals surface area (Å²) in [6, 6.07) is 9.69. The molecule has 136 valence electrons. The Hall–Kier alpha value is -3.68. The minimum atomic E-state index is -0.433. The Labute approximate surface area is 153 Å². The van der Waals surface area contributed by atoms with E-state index in [4.69, 9.17) is 9.26 Å². The number of amides is 1. The number of ether oxygens (including phenoxy) is 1. The average Bonchev–Trinajstić information content (AvgIpc) is 3.34. The zero-order valence-corrected chi connectivity index (χ0v) is 14.3. The molecule has 0 saturated heterocycles. The molecule has 0 aliphatic heterocycles. The number of aromatic amines is 1. The summed E-state index contributed by atoms with van der Waals surface area (Å²) in [5.41, 5.74) is 3.04. The van der Waals surface area contributed by atoms with Gasteiger partial charge < -0.3 is 14.6 Å². The van der Waals surface area contributed by atoms with Gasteiger partial charge in [0.15, 0.2) is 11.3 Å². The number of halogens is 1. The van der Waals surface area contributed by atoms with Crippen molar-refractivity contribution in [1.29, 1.82) is 0 Å². The average molecular weight is 366 g/mol. The normalized spacial score (nSPS) is 10.9. The molecule has 0 unspecified atom stereocenters. The van der Waals surface area contributed by atoms with Crippen LogP contribution in [0, 0.1) is 5.82 Å². The van der Waals surface area contributed by atoms with Gasteiger partial charge in [0.05, 0.1) is 18.7 Å². The van der Waals surface area contributed by atoms with Crippen LogP contribution in [0.25, 0.3) is 22.1 Å². The van der Waals surface area contributed by atoms with E-state index in [1.54, 1.807) is 30.6 Å². The van der Waals surface area contributed by atoms with Crippen molar-refractivity contribution in [3.8, 4) is 16.9 Å². The van der Waals surface area contributed by atoms with Crippen LogP contribution >= 0.6 is 0 Å². The maximum Gasteiger partial charge on any atom is 0.274 e. The van der Waals surface area contributed by atoms with Crippen molar-refractivity contribution in [2.45, 2.75) is 6.54 Å². The molecule has 27 heavy (non-hydrogen) atoms. The van der Waals surface area contributed by atoms with E-state index in [0.717, 1.165) is 11.1 Å². The fourth-order valence-corrected chi connectivity index (χ4v) is 2.80. The van der Waals surface area contributed by atoms with Gasteiger partial charge in [-0.3, -0.25) is 9.89 Å². The van der Waals surface area contributed by atoms with E-state index < -0.39 is 11.7 Å². The highest BCUT2D eigenvalue weighted by Crippen LogP contribution is 2.26. The molecule has 0 fully saturated rings. The summed E-state index contributed by atoms with van der Waals surface area (Å²) >= 11 is 0. The first kappa shape index (κ1) is 16.8. The van der Waals surface area contributed by atoms with Gasteiger partial charge in [0, 0.05) is 24.4 Å². The summed E-state index contributed by atoms with van der Waals surface area (Å²) in [7, 11) is 1.45. The lowest BCUT2D eigenvalue weighted by molar-refractivity contribution is 0.0943. The number of carbonyl (C=O) groups is 1. The third-order valence-electron chi connectivity index (χ3n) is 4.14. The fraction of sp³-hybridized carbons (Fsp3) is 0.105. The monoisotopic (exact) mass is 366 g/mol. The van der Waals surface area contributed by atoms with Gasteiger partial charge >= 0.3 is 0 Å². The lowest BCUT2D eigenvalue weighted by Gasteiger charge is -2.06. The van der Waals surface area contributed by atoms with Crippen LogP contribution in [0.5, 0.6) is 5.75 Å². The van der Waals surface area contributed by atoms with Crippen LogP contribution in [0.15, 0.2) is 53.3 Å². The number of hydrogen-bond acceptors (Lipinski definition) is 5. The molecule has 4 aromatic rings. The Morgan fingerprint density at radius 3 is 2.93 bits per heavy atom. The van der Waals surface area contributed by atoms with Gasteiger partial charge in [0.2, 0.25) is 0 Å². The molecule has 2 heterocycles. The predicted octanol–water partition coefficient (Wildman–Crippen LogP) is 3.30. The molecule has 0 bridgehead atoms. The van der Waals surface area contributed by atoms with E-state index in [1.807, 2.05) is 6.07 Å². The van der Waals surface area contributed by atoms with Gasteiger partial charge in [0.25, 0.3) is 5.91 Å². The lowest BCUT2D eigenvalue weighted by atomic mass is 10.1. The number of rotatable bonds is 5. The van der Waals surface area contributed by atoms with Crippen LogP contribution in [0.4, 0.5) is 4.39 Å². The first-order chi connectivity index (χ1) is 13.1. The molecule has 0 atom stereocenters. The first-order valence-corrected chi connectivity index (χ1v) is 8.14. The highest BCUT2D eigenvalue weighted by molar-refractivity contribution is 6.04. The Bertz CT molecular complexity index is 1110. The molecule has 4 rings (SSSR count). The Balaban J connectivity index is 1.54. The summed E-state index contributed by atoms with van der Waals surface area (Å²) in [5, 5.41) is 13.8. The van der Waals surface area contributed by atoms with Crippen LogP contribution in [0.1, 0.15) is 16.1 Å². The number of aromatic nitrogens is 3. The van der Waals surface area contributed by atoms with E-state index >= 15 is 0 Å². The van der Waals surface area contributed by atoms with E-state index in [0.29, 0.717) is 22.3 Å². The van der Waals surface area contributed by atoms with Crippen molar-refractivity contribution < 1.29 is 18.4 Å². The van der Waals surface area contributed by atoms with Gasteiger partial charge in [-0.15, -0.1) is 0 Å². The maximum absolute atomic E-state index is 13.5. The summed E-state index contributed by atoms with van der Waals surface area (Å²) in [6.45, 7) is 0.133. The first-order valence-electron chi connectivity index (χ1n) is 8.14. The Morgan fingerprint density at radius 2 is 2.15 bits per heavy atom. The van der Waals surface area contributed by atoms with Crippen molar-refractivity contribution in [3.05, 3.63) is 65.9 Å². The highest BCUT2D eigenvalue weighted by Gasteiger charge is 2.17. The topological polar surface area (TPSA) is 93.0 Å². The number of hydrogen-bond donors (Lipinski definition) is 2. The van der Waals surface area contributed by atoms with E-state index in [-0.39, 0.29) is 12.2 Å². The van der Waals surface area contributed by atoms with Gasteiger partial charge in [-0.1, -0.05) is 11.2 Å². The highest BCUT2D eigenvalue weighted by atomic mass is 19.1. The molecular formula is C19H15FN4O3. The molecule has 8 heteroatoms. The summed E-state index contributed by atoms with van der Waals surface area (Å²) in [5.74, 6) is -0.455. The molecule has 2 aromatic heterocycles. The molecule has 0 spiro atoms. The molecule has 7 nitrogen and oxygen atoms in total. The predicted molar refractivity (Wildman–Crippen MR) is 95.7 cm³/mol. The van der Waals surface area contributed by atoms with Crippen molar-refractivity contribution in [3.63, 3.8) is 0 Å². The zero-order chi connectivity index (χ0) is 18.8. The van der Waals surface area contributed by atoms with E-state index in [2.05, 4.69) is 20.7 Å². The number of carbonyl (C=O) groups excluding carboxylic acids is 1. The quantitative estimate of drug-likeness (QED) is 0.565. The van der Waals surface area contributed by atoms with Gasteiger partial charge in [0.1, 0.15) is 11.6 Å². The van der Waals surface area contributed by atoms with Gasteiger partial charge in [-0.2, -0.15) is 5.10 Å². The molecule has 0 aliphatic rings. The Kier molecular flexibility index (Phi) is 4.29. The minimum absolute atomic E-state index is 0.133. The standard InChI is InChI=1S/C19H15FN4O3/c1-26-15-5-11(4-14(20)7-15)8-21-19(25)18-16-3-2-12(6-17(16)27-24-18)13-9-22-23-10-13/h2-7,9-10H,8H2,1H3,(H,21,25)(H,22,23). The van der Waals surface area contributed by atoms with Crippen LogP contribution in [-0.2, 0) is 6.54 Å². The number of methoxy groups -OCH3 is 1. The molecule has 2 aromatic carbocycles.